The van der Waals surface area contributed by atoms with E-state index in [0.29, 0.717) is 17.9 Å². The maximum Gasteiger partial charge on any atom is 0.220 e. The van der Waals surface area contributed by atoms with Gasteiger partial charge in [0.1, 0.15) is 10.8 Å². The summed E-state index contributed by atoms with van der Waals surface area (Å²) in [5, 5.41) is 5.52. The van der Waals surface area contributed by atoms with E-state index in [1.54, 1.807) is 18.3 Å². The van der Waals surface area contributed by atoms with Gasteiger partial charge >= 0.3 is 0 Å². The Morgan fingerprint density at radius 1 is 1.18 bits per heavy atom. The normalized spacial score (nSPS) is 10.5. The van der Waals surface area contributed by atoms with E-state index < -0.39 is 0 Å². The highest BCUT2D eigenvalue weighted by molar-refractivity contribution is 7.13. The molecule has 3 rings (SSSR count). The third-order valence-electron chi connectivity index (χ3n) is 4.14. The zero-order valence-corrected chi connectivity index (χ0v) is 16.6. The molecule has 3 aromatic rings. The van der Waals surface area contributed by atoms with E-state index in [-0.39, 0.29) is 24.5 Å². The van der Waals surface area contributed by atoms with Crippen molar-refractivity contribution in [2.24, 2.45) is 0 Å². The quantitative estimate of drug-likeness (QED) is 0.587. The van der Waals surface area contributed by atoms with Gasteiger partial charge in [0.25, 0.3) is 0 Å². The number of benzene rings is 1. The molecule has 28 heavy (non-hydrogen) atoms. The van der Waals surface area contributed by atoms with Crippen molar-refractivity contribution >= 4 is 23.0 Å². The van der Waals surface area contributed by atoms with Gasteiger partial charge in [-0.2, -0.15) is 0 Å². The Labute approximate surface area is 167 Å². The van der Waals surface area contributed by atoms with Crippen LogP contribution in [0.4, 0.5) is 0 Å². The average Bonchev–Trinajstić information content (AvgIpc) is 3.20. The first kappa shape index (κ1) is 19.7. The minimum atomic E-state index is -0.188. The number of Topliss-reactive ketones (excluding diaryl/α,β-unsaturated/α-hetero) is 1. The van der Waals surface area contributed by atoms with Gasteiger partial charge in [-0.05, 0) is 31.2 Å². The number of ketones is 1. The Morgan fingerprint density at radius 2 is 2.04 bits per heavy atom. The van der Waals surface area contributed by atoms with Crippen LogP contribution in [0.1, 0.15) is 34.5 Å². The van der Waals surface area contributed by atoms with Gasteiger partial charge in [0.15, 0.2) is 5.78 Å². The fraction of sp³-hybridized carbons (Fsp3) is 0.238. The molecule has 6 nitrogen and oxygen atoms in total. The van der Waals surface area contributed by atoms with Crippen molar-refractivity contribution < 1.29 is 14.3 Å². The molecule has 0 bridgehead atoms. The van der Waals surface area contributed by atoms with Crippen molar-refractivity contribution in [1.29, 1.82) is 0 Å². The summed E-state index contributed by atoms with van der Waals surface area (Å²) in [6, 6.07) is 11.1. The number of methoxy groups -OCH3 is 1. The molecule has 2 aromatic heterocycles. The van der Waals surface area contributed by atoms with Gasteiger partial charge in [-0.1, -0.05) is 17.7 Å². The summed E-state index contributed by atoms with van der Waals surface area (Å²) in [6.45, 7) is 2.24. The third-order valence-corrected chi connectivity index (χ3v) is 5.05. The molecule has 1 N–H and O–H groups in total. The van der Waals surface area contributed by atoms with E-state index in [9.17, 15) is 9.59 Å². The lowest BCUT2D eigenvalue weighted by molar-refractivity contribution is -0.121. The second kappa shape index (κ2) is 9.23. The lowest BCUT2D eigenvalue weighted by Crippen LogP contribution is -2.23. The summed E-state index contributed by atoms with van der Waals surface area (Å²) in [7, 11) is 1.53. The summed E-state index contributed by atoms with van der Waals surface area (Å²) >= 11 is 1.48. The van der Waals surface area contributed by atoms with Crippen molar-refractivity contribution in [3.63, 3.8) is 0 Å². The summed E-state index contributed by atoms with van der Waals surface area (Å²) in [5.41, 5.74) is 3.06. The fourth-order valence-electron chi connectivity index (χ4n) is 2.67. The van der Waals surface area contributed by atoms with Crippen LogP contribution < -0.4 is 10.1 Å². The Hall–Kier alpha value is -3.06. The topological polar surface area (TPSA) is 81.2 Å². The molecule has 0 aliphatic heterocycles. The average molecular weight is 395 g/mol. The molecule has 0 aliphatic rings. The minimum Gasteiger partial charge on any atom is -0.496 e. The molecule has 0 radical (unpaired) electrons. The Kier molecular flexibility index (Phi) is 6.49. The van der Waals surface area contributed by atoms with Crippen LogP contribution in [0.2, 0.25) is 0 Å². The van der Waals surface area contributed by atoms with Crippen molar-refractivity contribution in [3.8, 4) is 16.5 Å². The molecule has 1 aromatic carbocycles. The maximum atomic E-state index is 12.4. The number of carbonyl (C=O) groups is 2. The van der Waals surface area contributed by atoms with Crippen LogP contribution in [0.15, 0.2) is 48.0 Å². The fourth-order valence-corrected chi connectivity index (χ4v) is 3.47. The largest absolute Gasteiger partial charge is 0.496 e. The van der Waals surface area contributed by atoms with Crippen LogP contribution in [0.5, 0.6) is 5.75 Å². The molecule has 0 aliphatic carbocycles. The van der Waals surface area contributed by atoms with Crippen LogP contribution >= 0.6 is 11.3 Å². The predicted octanol–water partition coefficient (Wildman–Crippen LogP) is 3.80. The number of carbonyl (C=O) groups excluding carboxylic acids is 2. The standard InChI is InChI=1S/C21H21N3O3S/c1-14-6-8-19(27-2)16(11-14)18(25)7-9-20(26)23-12-15-13-28-21(24-15)17-5-3-4-10-22-17/h3-6,8,10-11,13H,7,9,12H2,1-2H3,(H,23,26). The first-order chi connectivity index (χ1) is 13.6. The van der Waals surface area contributed by atoms with E-state index in [0.717, 1.165) is 22.0 Å². The molecule has 0 fully saturated rings. The third kappa shape index (κ3) is 5.01. The smallest absolute Gasteiger partial charge is 0.220 e. The zero-order valence-electron chi connectivity index (χ0n) is 15.8. The lowest BCUT2D eigenvalue weighted by Gasteiger charge is -2.08. The molecular weight excluding hydrogens is 374 g/mol. The number of nitrogens with zero attached hydrogens (tertiary/aromatic N) is 2. The number of aromatic nitrogens is 2. The van der Waals surface area contributed by atoms with Gasteiger partial charge in [-0.3, -0.25) is 14.6 Å². The van der Waals surface area contributed by atoms with Gasteiger partial charge < -0.3 is 10.1 Å². The SMILES string of the molecule is COc1ccc(C)cc1C(=O)CCC(=O)NCc1csc(-c2ccccn2)n1. The number of rotatable bonds is 8. The van der Waals surface area contributed by atoms with Gasteiger partial charge in [0.05, 0.1) is 30.6 Å². The van der Waals surface area contributed by atoms with Crippen LogP contribution in [0.3, 0.4) is 0 Å². The number of thiazole rings is 1. The van der Waals surface area contributed by atoms with E-state index >= 15 is 0 Å². The number of nitrogens with one attached hydrogen (secondary N) is 1. The first-order valence-electron chi connectivity index (χ1n) is 8.87. The molecular formula is C21H21N3O3S. The van der Waals surface area contributed by atoms with Crippen LogP contribution in [-0.4, -0.2) is 28.8 Å². The Bertz CT molecular complexity index is 970. The van der Waals surface area contributed by atoms with E-state index in [4.69, 9.17) is 4.74 Å². The van der Waals surface area contributed by atoms with Crippen molar-refractivity contribution in [1.82, 2.24) is 15.3 Å². The monoisotopic (exact) mass is 395 g/mol. The highest BCUT2D eigenvalue weighted by atomic mass is 32.1. The van der Waals surface area contributed by atoms with Gasteiger partial charge in [0, 0.05) is 24.4 Å². The van der Waals surface area contributed by atoms with Crippen LogP contribution in [0, 0.1) is 6.92 Å². The number of hydrogen-bond donors (Lipinski definition) is 1. The van der Waals surface area contributed by atoms with Crippen LogP contribution in [-0.2, 0) is 11.3 Å². The Balaban J connectivity index is 1.51. The second-order valence-electron chi connectivity index (χ2n) is 6.26. The molecule has 7 heteroatoms. The number of aryl methyl sites for hydroxylation is 1. The van der Waals surface area contributed by atoms with Crippen LogP contribution in [0.25, 0.3) is 10.7 Å². The lowest BCUT2D eigenvalue weighted by atomic mass is 10.0. The molecule has 0 saturated heterocycles. The minimum absolute atomic E-state index is 0.109. The maximum absolute atomic E-state index is 12.4. The highest BCUT2D eigenvalue weighted by Crippen LogP contribution is 2.22. The summed E-state index contributed by atoms with van der Waals surface area (Å²) in [4.78, 5) is 33.3. The molecule has 0 spiro atoms. The molecule has 144 valence electrons. The summed E-state index contributed by atoms with van der Waals surface area (Å²) in [5.74, 6) is 0.231. The van der Waals surface area contributed by atoms with E-state index in [1.807, 2.05) is 36.6 Å². The predicted molar refractivity (Wildman–Crippen MR) is 108 cm³/mol. The molecule has 1 amide bonds. The number of hydrogen-bond acceptors (Lipinski definition) is 6. The first-order valence-corrected chi connectivity index (χ1v) is 9.75. The highest BCUT2D eigenvalue weighted by Gasteiger charge is 2.14. The van der Waals surface area contributed by atoms with Gasteiger partial charge in [0.2, 0.25) is 5.91 Å². The number of ether oxygens (including phenoxy) is 1. The number of pyridine rings is 1. The van der Waals surface area contributed by atoms with Crippen molar-refractivity contribution in [2.75, 3.05) is 7.11 Å². The van der Waals surface area contributed by atoms with Gasteiger partial charge in [-0.15, -0.1) is 11.3 Å². The second-order valence-corrected chi connectivity index (χ2v) is 7.12. The molecule has 2 heterocycles. The van der Waals surface area contributed by atoms with E-state index in [2.05, 4.69) is 15.3 Å². The zero-order chi connectivity index (χ0) is 19.9. The van der Waals surface area contributed by atoms with Crippen molar-refractivity contribution in [3.05, 3.63) is 64.8 Å². The molecule has 0 saturated carbocycles. The number of amides is 1. The summed E-state index contributed by atoms with van der Waals surface area (Å²) in [6.07, 6.45) is 1.97. The summed E-state index contributed by atoms with van der Waals surface area (Å²) < 4.78 is 5.24. The molecule has 0 atom stereocenters. The van der Waals surface area contributed by atoms with E-state index in [1.165, 1.54) is 18.4 Å². The van der Waals surface area contributed by atoms with Gasteiger partial charge in [-0.25, -0.2) is 4.98 Å². The van der Waals surface area contributed by atoms with Crippen molar-refractivity contribution in [2.45, 2.75) is 26.3 Å². The Morgan fingerprint density at radius 3 is 2.79 bits per heavy atom. The molecule has 0 unspecified atom stereocenters.